The zero-order valence-electron chi connectivity index (χ0n) is 24.6. The highest BCUT2D eigenvalue weighted by atomic mass is 16.5. The van der Waals surface area contributed by atoms with E-state index in [4.69, 9.17) is 9.15 Å². The number of rotatable bonds is 8. The van der Waals surface area contributed by atoms with Crippen LogP contribution in [0, 0.1) is 13.8 Å². The molecule has 2 heterocycles. The fourth-order valence-corrected chi connectivity index (χ4v) is 4.94. The molecule has 6 aromatic rings. The minimum atomic E-state index is -1.21. The van der Waals surface area contributed by atoms with Gasteiger partial charge in [0.1, 0.15) is 11.3 Å². The molecule has 1 N–H and O–H groups in total. The summed E-state index contributed by atoms with van der Waals surface area (Å²) in [6.07, 6.45) is 3.25. The fourth-order valence-electron chi connectivity index (χ4n) is 4.94. The number of aromatic nitrogens is 2. The Hall–Kier alpha value is -6.02. The van der Waals surface area contributed by atoms with Crippen LogP contribution in [0.4, 0.5) is 5.69 Å². The van der Waals surface area contributed by atoms with E-state index in [0.29, 0.717) is 28.1 Å². The van der Waals surface area contributed by atoms with Gasteiger partial charge in [-0.15, -0.1) is 0 Å². The second-order valence-electron chi connectivity index (χ2n) is 10.6. The number of esters is 1. The molecule has 45 heavy (non-hydrogen) atoms. The van der Waals surface area contributed by atoms with E-state index >= 15 is 0 Å². The maximum atomic E-state index is 13.5. The summed E-state index contributed by atoms with van der Waals surface area (Å²) < 4.78 is 12.9. The average Bonchev–Trinajstić information content (AvgIpc) is 3.49. The summed E-state index contributed by atoms with van der Waals surface area (Å²) in [5.74, 6) is -1.23. The molecular weight excluding hydrogens is 566 g/mol. The van der Waals surface area contributed by atoms with Crippen LogP contribution in [0.5, 0.6) is 0 Å². The third kappa shape index (κ3) is 6.50. The van der Waals surface area contributed by atoms with Gasteiger partial charge in [-0.2, -0.15) is 5.10 Å². The minimum absolute atomic E-state index is 0.242. The molecule has 0 saturated carbocycles. The highest BCUT2D eigenvalue weighted by molar-refractivity contribution is 5.98. The Balaban J connectivity index is 1.33. The fraction of sp³-hybridized carbons (Fsp3) is 0.0811. The predicted molar refractivity (Wildman–Crippen MR) is 174 cm³/mol. The average molecular weight is 596 g/mol. The number of hydrogen-bond donors (Lipinski definition) is 1. The predicted octanol–water partition coefficient (Wildman–Crippen LogP) is 7.20. The van der Waals surface area contributed by atoms with Crippen LogP contribution in [0.3, 0.4) is 0 Å². The van der Waals surface area contributed by atoms with Gasteiger partial charge in [0, 0.05) is 34.5 Å². The van der Waals surface area contributed by atoms with Gasteiger partial charge in [0.05, 0.1) is 11.3 Å². The molecule has 1 atom stereocenters. The summed E-state index contributed by atoms with van der Waals surface area (Å²) >= 11 is 0. The van der Waals surface area contributed by atoms with Crippen LogP contribution in [-0.2, 0) is 14.3 Å². The monoisotopic (exact) mass is 595 g/mol. The van der Waals surface area contributed by atoms with Crippen molar-refractivity contribution in [2.45, 2.75) is 20.0 Å². The van der Waals surface area contributed by atoms with E-state index < -0.39 is 23.6 Å². The van der Waals surface area contributed by atoms with Gasteiger partial charge < -0.3 is 14.5 Å². The second kappa shape index (κ2) is 12.7. The van der Waals surface area contributed by atoms with E-state index in [1.165, 1.54) is 12.2 Å². The molecule has 0 radical (unpaired) electrons. The van der Waals surface area contributed by atoms with Gasteiger partial charge in [0.2, 0.25) is 6.10 Å². The lowest BCUT2D eigenvalue weighted by Gasteiger charge is -2.18. The van der Waals surface area contributed by atoms with Crippen molar-refractivity contribution in [1.29, 1.82) is 0 Å². The number of fused-ring (bicyclic) bond motifs is 1. The van der Waals surface area contributed by atoms with Crippen LogP contribution < -0.4 is 10.9 Å². The summed E-state index contributed by atoms with van der Waals surface area (Å²) in [4.78, 5) is 39.8. The normalized spacial score (nSPS) is 11.9. The summed E-state index contributed by atoms with van der Waals surface area (Å²) in [6, 6.07) is 32.9. The number of amides is 1. The number of ether oxygens (including phenoxy) is 1. The SMILES string of the molecule is Cc1ccc(C)c(NC(=O)[C@@H](OC(=O)/C=C/c2cn(-c3ccccc3)nc2-c2cc3ccccc3oc2=O)c2ccccc2)c1. The summed E-state index contributed by atoms with van der Waals surface area (Å²) in [5.41, 5.74) is 4.74. The van der Waals surface area contributed by atoms with Crippen LogP contribution >= 0.6 is 0 Å². The summed E-state index contributed by atoms with van der Waals surface area (Å²) in [7, 11) is 0. The van der Waals surface area contributed by atoms with Crippen LogP contribution in [0.2, 0.25) is 0 Å². The van der Waals surface area contributed by atoms with E-state index in [9.17, 15) is 14.4 Å². The van der Waals surface area contributed by atoms with Crippen LogP contribution in [0.15, 0.2) is 131 Å². The zero-order valence-corrected chi connectivity index (χ0v) is 24.6. The number of anilines is 1. The van der Waals surface area contributed by atoms with Crippen LogP contribution in [0.25, 0.3) is 34.0 Å². The van der Waals surface area contributed by atoms with Gasteiger partial charge in [0.25, 0.3) is 5.91 Å². The van der Waals surface area contributed by atoms with Crippen molar-refractivity contribution in [3.05, 3.63) is 154 Å². The maximum Gasteiger partial charge on any atom is 0.345 e. The third-order valence-electron chi connectivity index (χ3n) is 7.28. The molecular formula is C37H29N3O5. The van der Waals surface area contributed by atoms with Crippen LogP contribution in [0.1, 0.15) is 28.4 Å². The van der Waals surface area contributed by atoms with Gasteiger partial charge >= 0.3 is 11.6 Å². The Labute approximate surface area is 259 Å². The number of nitrogens with one attached hydrogen (secondary N) is 1. The molecule has 0 bridgehead atoms. The van der Waals surface area contributed by atoms with Crippen molar-refractivity contribution in [2.75, 3.05) is 5.32 Å². The molecule has 2 aromatic heterocycles. The first-order valence-electron chi connectivity index (χ1n) is 14.4. The van der Waals surface area contributed by atoms with E-state index in [2.05, 4.69) is 10.4 Å². The molecule has 0 unspecified atom stereocenters. The van der Waals surface area contributed by atoms with E-state index in [-0.39, 0.29) is 5.56 Å². The molecule has 8 nitrogen and oxygen atoms in total. The van der Waals surface area contributed by atoms with Gasteiger partial charge in [0.15, 0.2) is 0 Å². The van der Waals surface area contributed by atoms with Crippen molar-refractivity contribution >= 4 is 34.6 Å². The Morgan fingerprint density at radius 1 is 0.889 bits per heavy atom. The van der Waals surface area contributed by atoms with Crippen molar-refractivity contribution in [2.24, 2.45) is 0 Å². The minimum Gasteiger partial charge on any atom is -0.444 e. The van der Waals surface area contributed by atoms with E-state index in [0.717, 1.165) is 22.2 Å². The molecule has 8 heteroatoms. The number of carbonyl (C=O) groups excluding carboxylic acids is 2. The quantitative estimate of drug-likeness (QED) is 0.113. The molecule has 0 fully saturated rings. The Kier molecular flexibility index (Phi) is 8.20. The second-order valence-corrected chi connectivity index (χ2v) is 10.6. The summed E-state index contributed by atoms with van der Waals surface area (Å²) in [5, 5.41) is 8.32. The Morgan fingerprint density at radius 3 is 2.38 bits per heavy atom. The number of hydrogen-bond acceptors (Lipinski definition) is 6. The van der Waals surface area contributed by atoms with Gasteiger partial charge in [-0.1, -0.05) is 78.9 Å². The first kappa shape index (κ1) is 29.1. The highest BCUT2D eigenvalue weighted by Crippen LogP contribution is 2.27. The lowest BCUT2D eigenvalue weighted by molar-refractivity contribution is -0.149. The summed E-state index contributed by atoms with van der Waals surface area (Å²) in [6.45, 7) is 3.83. The topological polar surface area (TPSA) is 103 Å². The lowest BCUT2D eigenvalue weighted by Crippen LogP contribution is -2.25. The lowest BCUT2D eigenvalue weighted by atomic mass is 10.1. The first-order valence-corrected chi connectivity index (χ1v) is 14.4. The molecule has 1 amide bonds. The number of para-hydroxylation sites is 2. The van der Waals surface area contributed by atoms with E-state index in [1.54, 1.807) is 53.3 Å². The number of nitrogens with zero attached hydrogens (tertiary/aromatic N) is 2. The molecule has 0 aliphatic heterocycles. The standard InChI is InChI=1S/C37H29N3O5/c1-24-17-18-25(2)31(21-24)38-36(42)35(26-11-5-3-6-12-26)45-33(41)20-19-28-23-40(29-14-7-4-8-15-29)39-34(28)30-22-27-13-9-10-16-32(27)44-37(30)43/h3-23,35H,1-2H3,(H,38,42)/b20-19+/t35-/m0/s1. The van der Waals surface area contributed by atoms with Crippen molar-refractivity contribution in [3.63, 3.8) is 0 Å². The maximum absolute atomic E-state index is 13.5. The zero-order chi connectivity index (χ0) is 31.3. The van der Waals surface area contributed by atoms with Crippen molar-refractivity contribution in [1.82, 2.24) is 9.78 Å². The van der Waals surface area contributed by atoms with Crippen molar-refractivity contribution in [3.8, 4) is 16.9 Å². The smallest absolute Gasteiger partial charge is 0.345 e. The number of benzene rings is 4. The molecule has 222 valence electrons. The highest BCUT2D eigenvalue weighted by Gasteiger charge is 2.25. The molecule has 0 aliphatic carbocycles. The molecule has 6 rings (SSSR count). The number of carbonyl (C=O) groups is 2. The molecule has 0 aliphatic rings. The Morgan fingerprint density at radius 2 is 1.60 bits per heavy atom. The largest absolute Gasteiger partial charge is 0.444 e. The number of aryl methyl sites for hydroxylation is 2. The van der Waals surface area contributed by atoms with Gasteiger partial charge in [-0.05, 0) is 61.4 Å². The first-order chi connectivity index (χ1) is 21.9. The van der Waals surface area contributed by atoms with Crippen LogP contribution in [-0.4, -0.2) is 21.7 Å². The van der Waals surface area contributed by atoms with E-state index in [1.807, 2.05) is 80.6 Å². The Bertz CT molecular complexity index is 2100. The molecule has 4 aromatic carbocycles. The van der Waals surface area contributed by atoms with Gasteiger partial charge in [-0.25, -0.2) is 14.3 Å². The van der Waals surface area contributed by atoms with Crippen molar-refractivity contribution < 1.29 is 18.7 Å². The van der Waals surface area contributed by atoms with Gasteiger partial charge in [-0.3, -0.25) is 4.79 Å². The third-order valence-corrected chi connectivity index (χ3v) is 7.28. The molecule has 0 spiro atoms. The molecule has 0 saturated heterocycles.